The van der Waals surface area contributed by atoms with E-state index in [1.807, 2.05) is 19.9 Å². The first-order chi connectivity index (χ1) is 8.47. The molecule has 0 aromatic rings. The van der Waals surface area contributed by atoms with Crippen molar-refractivity contribution in [1.29, 1.82) is 0 Å². The fraction of sp³-hybridized carbons (Fsp3) is 0.500. The van der Waals surface area contributed by atoms with Crippen LogP contribution in [0.25, 0.3) is 0 Å². The standard InChI is InChI=1S/C14H26N4/c1-6-7-8-12(11(4)5)13(9-10(2)3)14(17-15)18-16/h7-9,11H,6,15-16H2,1-5H3,(H,17,18)/b8-7-,13-12-. The van der Waals surface area contributed by atoms with Crippen LogP contribution in [0.15, 0.2) is 40.0 Å². The summed E-state index contributed by atoms with van der Waals surface area (Å²) in [5, 5.41) is 3.72. The number of nitrogens with two attached hydrogens (primary N) is 2. The van der Waals surface area contributed by atoms with Gasteiger partial charge in [0.05, 0.1) is 0 Å². The Morgan fingerprint density at radius 3 is 2.28 bits per heavy atom. The van der Waals surface area contributed by atoms with Crippen LogP contribution in [0.4, 0.5) is 0 Å². The minimum Gasteiger partial charge on any atom is -0.321 e. The minimum absolute atomic E-state index is 0.364. The molecule has 0 aliphatic carbocycles. The highest BCUT2D eigenvalue weighted by molar-refractivity contribution is 6.01. The van der Waals surface area contributed by atoms with Crippen LogP contribution in [0.1, 0.15) is 41.0 Å². The van der Waals surface area contributed by atoms with Gasteiger partial charge < -0.3 is 11.3 Å². The number of rotatable bonds is 5. The van der Waals surface area contributed by atoms with E-state index in [-0.39, 0.29) is 0 Å². The summed E-state index contributed by atoms with van der Waals surface area (Å²) in [6, 6.07) is 0. The Bertz CT molecular complexity index is 369. The van der Waals surface area contributed by atoms with E-state index in [1.54, 1.807) is 0 Å². The molecule has 0 aromatic carbocycles. The fourth-order valence-electron chi connectivity index (χ4n) is 1.60. The van der Waals surface area contributed by atoms with Gasteiger partial charge in [-0.2, -0.15) is 5.10 Å². The first-order valence-electron chi connectivity index (χ1n) is 6.28. The smallest absolute Gasteiger partial charge is 0.167 e. The van der Waals surface area contributed by atoms with Crippen molar-refractivity contribution in [2.75, 3.05) is 0 Å². The zero-order valence-electron chi connectivity index (χ0n) is 12.1. The van der Waals surface area contributed by atoms with E-state index in [1.165, 1.54) is 11.1 Å². The van der Waals surface area contributed by atoms with Gasteiger partial charge in [-0.05, 0) is 31.8 Å². The summed E-state index contributed by atoms with van der Waals surface area (Å²) in [5.41, 5.74) is 5.84. The van der Waals surface area contributed by atoms with E-state index in [2.05, 4.69) is 43.5 Å². The van der Waals surface area contributed by atoms with E-state index in [0.29, 0.717) is 11.8 Å². The quantitative estimate of drug-likeness (QED) is 0.231. The Balaban J connectivity index is 5.86. The largest absolute Gasteiger partial charge is 0.321 e. The highest BCUT2D eigenvalue weighted by Gasteiger charge is 2.11. The van der Waals surface area contributed by atoms with Gasteiger partial charge in [-0.25, -0.2) is 5.84 Å². The number of nitrogens with one attached hydrogen (secondary N) is 1. The molecule has 0 heterocycles. The number of amidine groups is 1. The van der Waals surface area contributed by atoms with Crippen LogP contribution < -0.4 is 17.1 Å². The third kappa shape index (κ3) is 5.19. The molecule has 0 bridgehead atoms. The molecule has 0 saturated carbocycles. The monoisotopic (exact) mass is 250 g/mol. The maximum atomic E-state index is 5.48. The van der Waals surface area contributed by atoms with Crippen molar-refractivity contribution in [3.63, 3.8) is 0 Å². The molecule has 0 atom stereocenters. The first-order valence-corrected chi connectivity index (χ1v) is 6.28. The summed E-state index contributed by atoms with van der Waals surface area (Å²) in [6.45, 7) is 10.4. The van der Waals surface area contributed by atoms with Crippen molar-refractivity contribution in [2.45, 2.75) is 41.0 Å². The number of hydrogen-bond acceptors (Lipinski definition) is 3. The Hall–Kier alpha value is -1.55. The highest BCUT2D eigenvalue weighted by atomic mass is 15.3. The van der Waals surface area contributed by atoms with Gasteiger partial charge in [0.25, 0.3) is 0 Å². The number of hydrogen-bond donors (Lipinski definition) is 3. The average Bonchev–Trinajstić information content (AvgIpc) is 2.29. The molecule has 0 aromatic heterocycles. The van der Waals surface area contributed by atoms with Crippen molar-refractivity contribution in [3.8, 4) is 0 Å². The number of hydrazine groups is 1. The lowest BCUT2D eigenvalue weighted by atomic mass is 9.94. The van der Waals surface area contributed by atoms with Crippen LogP contribution in [0.2, 0.25) is 0 Å². The molecule has 4 nitrogen and oxygen atoms in total. The normalized spacial score (nSPS) is 13.8. The lowest BCUT2D eigenvalue weighted by Crippen LogP contribution is -2.33. The lowest BCUT2D eigenvalue weighted by molar-refractivity contribution is 0.785. The molecule has 18 heavy (non-hydrogen) atoms. The van der Waals surface area contributed by atoms with Gasteiger partial charge in [0.15, 0.2) is 5.84 Å². The highest BCUT2D eigenvalue weighted by Crippen LogP contribution is 2.20. The van der Waals surface area contributed by atoms with Crippen LogP contribution >= 0.6 is 0 Å². The van der Waals surface area contributed by atoms with E-state index in [4.69, 9.17) is 11.7 Å². The topological polar surface area (TPSA) is 76.4 Å². The molecule has 5 N–H and O–H groups in total. The zero-order valence-corrected chi connectivity index (χ0v) is 12.1. The molecule has 0 aliphatic rings. The van der Waals surface area contributed by atoms with Gasteiger partial charge in [-0.3, -0.25) is 0 Å². The molecule has 0 unspecified atom stereocenters. The predicted molar refractivity (Wildman–Crippen MR) is 79.7 cm³/mol. The Morgan fingerprint density at radius 1 is 1.33 bits per heavy atom. The van der Waals surface area contributed by atoms with Gasteiger partial charge in [0.1, 0.15) is 0 Å². The predicted octanol–water partition coefficient (Wildman–Crippen LogP) is 2.61. The molecule has 0 saturated heterocycles. The van der Waals surface area contributed by atoms with E-state index < -0.39 is 0 Å². The summed E-state index contributed by atoms with van der Waals surface area (Å²) in [4.78, 5) is 0. The molecule has 102 valence electrons. The summed E-state index contributed by atoms with van der Waals surface area (Å²) >= 11 is 0. The SMILES string of the molecule is CC\C=C/C(=C(C=C(C)C)/C(=N/N)NN)C(C)C. The maximum Gasteiger partial charge on any atom is 0.167 e. The number of hydrazone groups is 1. The Labute approximate surface area is 110 Å². The summed E-state index contributed by atoms with van der Waals surface area (Å²) in [5.74, 6) is 11.7. The second-order valence-corrected chi connectivity index (χ2v) is 4.68. The molecule has 0 aliphatic heterocycles. The summed E-state index contributed by atoms with van der Waals surface area (Å²) in [6.07, 6.45) is 7.27. The second kappa shape index (κ2) is 8.53. The Kier molecular flexibility index (Phi) is 7.79. The van der Waals surface area contributed by atoms with Crippen molar-refractivity contribution >= 4 is 5.84 Å². The molecule has 0 amide bonds. The van der Waals surface area contributed by atoms with Crippen LogP contribution in [0, 0.1) is 5.92 Å². The van der Waals surface area contributed by atoms with E-state index in [0.717, 1.165) is 12.0 Å². The molecule has 0 fully saturated rings. The average molecular weight is 250 g/mol. The van der Waals surface area contributed by atoms with Gasteiger partial charge in [-0.15, -0.1) is 0 Å². The van der Waals surface area contributed by atoms with E-state index >= 15 is 0 Å². The second-order valence-electron chi connectivity index (χ2n) is 4.68. The van der Waals surface area contributed by atoms with Crippen molar-refractivity contribution in [2.24, 2.45) is 22.7 Å². The van der Waals surface area contributed by atoms with E-state index in [9.17, 15) is 0 Å². The Morgan fingerprint density at radius 2 is 1.94 bits per heavy atom. The molecule has 0 radical (unpaired) electrons. The van der Waals surface area contributed by atoms with Crippen molar-refractivity contribution in [3.05, 3.63) is 34.9 Å². The van der Waals surface area contributed by atoms with Crippen LogP contribution in [-0.4, -0.2) is 5.84 Å². The van der Waals surface area contributed by atoms with Crippen LogP contribution in [0.5, 0.6) is 0 Å². The molecule has 0 rings (SSSR count). The lowest BCUT2D eigenvalue weighted by Gasteiger charge is -2.15. The summed E-state index contributed by atoms with van der Waals surface area (Å²) in [7, 11) is 0. The van der Waals surface area contributed by atoms with Gasteiger partial charge in [0, 0.05) is 5.57 Å². The molecule has 0 spiro atoms. The van der Waals surface area contributed by atoms with Gasteiger partial charge >= 0.3 is 0 Å². The minimum atomic E-state index is 0.364. The van der Waals surface area contributed by atoms with Crippen molar-refractivity contribution in [1.82, 2.24) is 5.43 Å². The molecular formula is C14H26N4. The first kappa shape index (κ1) is 16.4. The third-order valence-electron chi connectivity index (χ3n) is 2.42. The van der Waals surface area contributed by atoms with Gasteiger partial charge in [-0.1, -0.05) is 44.6 Å². The number of nitrogens with zero attached hydrogens (tertiary/aromatic N) is 1. The fourth-order valence-corrected chi connectivity index (χ4v) is 1.60. The van der Waals surface area contributed by atoms with Crippen LogP contribution in [0.3, 0.4) is 0 Å². The maximum absolute atomic E-state index is 5.48. The van der Waals surface area contributed by atoms with Gasteiger partial charge in [0.2, 0.25) is 0 Å². The summed E-state index contributed by atoms with van der Waals surface area (Å²) < 4.78 is 0. The molecular weight excluding hydrogens is 224 g/mol. The zero-order chi connectivity index (χ0) is 14.1. The number of allylic oxidation sites excluding steroid dienone is 4. The molecule has 4 heteroatoms. The van der Waals surface area contributed by atoms with Crippen molar-refractivity contribution < 1.29 is 0 Å². The third-order valence-corrected chi connectivity index (χ3v) is 2.42. The van der Waals surface area contributed by atoms with Crippen LogP contribution in [-0.2, 0) is 0 Å².